The zero-order valence-corrected chi connectivity index (χ0v) is 11.3. The molecule has 1 N–H and O–H groups in total. The van der Waals surface area contributed by atoms with Gasteiger partial charge in [0.15, 0.2) is 0 Å². The first-order valence-electron chi connectivity index (χ1n) is 5.68. The highest BCUT2D eigenvalue weighted by Crippen LogP contribution is 2.20. The SMILES string of the molecule is CCc1nc(CC)c(CNC(C)(C)C)s1. The quantitative estimate of drug-likeness (QED) is 0.853. The zero-order valence-electron chi connectivity index (χ0n) is 10.5. The van der Waals surface area contributed by atoms with Gasteiger partial charge in [-0.1, -0.05) is 13.8 Å². The lowest BCUT2D eigenvalue weighted by Gasteiger charge is -2.20. The van der Waals surface area contributed by atoms with Crippen molar-refractivity contribution in [3.05, 3.63) is 15.6 Å². The maximum Gasteiger partial charge on any atom is 0.0928 e. The Kier molecular flexibility index (Phi) is 4.29. The van der Waals surface area contributed by atoms with Crippen molar-refractivity contribution in [1.29, 1.82) is 0 Å². The Morgan fingerprint density at radius 1 is 1.20 bits per heavy atom. The second-order valence-corrected chi connectivity index (χ2v) is 5.96. The van der Waals surface area contributed by atoms with E-state index in [2.05, 4.69) is 44.9 Å². The minimum Gasteiger partial charge on any atom is -0.307 e. The molecule has 1 rings (SSSR count). The van der Waals surface area contributed by atoms with Crippen molar-refractivity contribution < 1.29 is 0 Å². The summed E-state index contributed by atoms with van der Waals surface area (Å²) in [5, 5.41) is 4.78. The standard InChI is InChI=1S/C12H22N2S/c1-6-9-10(8-13-12(3,4)5)15-11(7-2)14-9/h13H,6-8H2,1-5H3. The van der Waals surface area contributed by atoms with Gasteiger partial charge in [-0.15, -0.1) is 11.3 Å². The summed E-state index contributed by atoms with van der Waals surface area (Å²) in [5.74, 6) is 0. The molecule has 0 fully saturated rings. The van der Waals surface area contributed by atoms with E-state index < -0.39 is 0 Å². The Hall–Kier alpha value is -0.410. The van der Waals surface area contributed by atoms with Gasteiger partial charge in [-0.05, 0) is 33.6 Å². The summed E-state index contributed by atoms with van der Waals surface area (Å²) in [4.78, 5) is 6.03. The summed E-state index contributed by atoms with van der Waals surface area (Å²) in [7, 11) is 0. The van der Waals surface area contributed by atoms with Gasteiger partial charge in [0.25, 0.3) is 0 Å². The van der Waals surface area contributed by atoms with Gasteiger partial charge in [-0.2, -0.15) is 0 Å². The number of thiazole rings is 1. The van der Waals surface area contributed by atoms with Gasteiger partial charge in [0.1, 0.15) is 0 Å². The van der Waals surface area contributed by atoms with Crippen molar-refractivity contribution in [2.45, 2.75) is 59.5 Å². The zero-order chi connectivity index (χ0) is 11.5. The molecule has 1 heterocycles. The highest BCUT2D eigenvalue weighted by Gasteiger charge is 2.13. The Labute approximate surface area is 97.1 Å². The number of hydrogen-bond donors (Lipinski definition) is 1. The van der Waals surface area contributed by atoms with Crippen LogP contribution < -0.4 is 5.32 Å². The fourth-order valence-electron chi connectivity index (χ4n) is 1.35. The van der Waals surface area contributed by atoms with Crippen LogP contribution in [0.3, 0.4) is 0 Å². The fraction of sp³-hybridized carbons (Fsp3) is 0.750. The monoisotopic (exact) mass is 226 g/mol. The lowest BCUT2D eigenvalue weighted by atomic mass is 10.1. The summed E-state index contributed by atoms with van der Waals surface area (Å²) in [6.07, 6.45) is 2.09. The molecule has 0 saturated carbocycles. The number of nitrogens with one attached hydrogen (secondary N) is 1. The molecule has 0 bridgehead atoms. The van der Waals surface area contributed by atoms with Gasteiger partial charge in [0.05, 0.1) is 10.7 Å². The Morgan fingerprint density at radius 2 is 1.87 bits per heavy atom. The molecule has 0 radical (unpaired) electrons. The van der Waals surface area contributed by atoms with Crippen molar-refractivity contribution in [3.8, 4) is 0 Å². The van der Waals surface area contributed by atoms with E-state index in [0.717, 1.165) is 19.4 Å². The largest absolute Gasteiger partial charge is 0.307 e. The summed E-state index contributed by atoms with van der Waals surface area (Å²) in [6, 6.07) is 0. The van der Waals surface area contributed by atoms with Gasteiger partial charge in [-0.25, -0.2) is 4.98 Å². The smallest absolute Gasteiger partial charge is 0.0928 e. The first kappa shape index (κ1) is 12.7. The van der Waals surface area contributed by atoms with E-state index in [0.29, 0.717) is 0 Å². The maximum atomic E-state index is 4.63. The Morgan fingerprint density at radius 3 is 2.33 bits per heavy atom. The van der Waals surface area contributed by atoms with Crippen LogP contribution in [0.1, 0.15) is 50.2 Å². The highest BCUT2D eigenvalue weighted by atomic mass is 32.1. The molecule has 1 aromatic heterocycles. The van der Waals surface area contributed by atoms with Crippen LogP contribution in [0.4, 0.5) is 0 Å². The van der Waals surface area contributed by atoms with Gasteiger partial charge in [-0.3, -0.25) is 0 Å². The van der Waals surface area contributed by atoms with Crippen LogP contribution in [-0.2, 0) is 19.4 Å². The third-order valence-electron chi connectivity index (χ3n) is 2.24. The lowest BCUT2D eigenvalue weighted by molar-refractivity contribution is 0.425. The average Bonchev–Trinajstić information content (AvgIpc) is 2.56. The molecule has 2 nitrogen and oxygen atoms in total. The minimum atomic E-state index is 0.182. The molecule has 0 spiro atoms. The van der Waals surface area contributed by atoms with Crippen LogP contribution in [0.5, 0.6) is 0 Å². The van der Waals surface area contributed by atoms with E-state index in [1.807, 2.05) is 11.3 Å². The molecule has 0 aliphatic heterocycles. The predicted octanol–water partition coefficient (Wildman–Crippen LogP) is 3.16. The summed E-state index contributed by atoms with van der Waals surface area (Å²) < 4.78 is 0. The van der Waals surface area contributed by atoms with E-state index in [9.17, 15) is 0 Å². The van der Waals surface area contributed by atoms with E-state index in [1.54, 1.807) is 0 Å². The van der Waals surface area contributed by atoms with Gasteiger partial charge in [0.2, 0.25) is 0 Å². The summed E-state index contributed by atoms with van der Waals surface area (Å²) in [6.45, 7) is 11.9. The number of rotatable bonds is 4. The predicted molar refractivity (Wildman–Crippen MR) is 67.5 cm³/mol. The van der Waals surface area contributed by atoms with Crippen LogP contribution in [0.15, 0.2) is 0 Å². The lowest BCUT2D eigenvalue weighted by Crippen LogP contribution is -2.35. The van der Waals surface area contributed by atoms with E-state index in [4.69, 9.17) is 0 Å². The van der Waals surface area contributed by atoms with Crippen molar-refractivity contribution in [1.82, 2.24) is 10.3 Å². The third-order valence-corrected chi connectivity index (χ3v) is 3.48. The molecule has 0 aliphatic rings. The van der Waals surface area contributed by atoms with Gasteiger partial charge >= 0.3 is 0 Å². The molecular formula is C12H22N2S. The van der Waals surface area contributed by atoms with E-state index in [1.165, 1.54) is 15.6 Å². The van der Waals surface area contributed by atoms with Crippen LogP contribution in [0.25, 0.3) is 0 Å². The molecule has 0 amide bonds. The molecule has 15 heavy (non-hydrogen) atoms. The molecule has 0 unspecified atom stereocenters. The maximum absolute atomic E-state index is 4.63. The second kappa shape index (κ2) is 5.08. The van der Waals surface area contributed by atoms with Crippen molar-refractivity contribution >= 4 is 11.3 Å². The van der Waals surface area contributed by atoms with Crippen LogP contribution in [0.2, 0.25) is 0 Å². The number of aromatic nitrogens is 1. The van der Waals surface area contributed by atoms with Crippen molar-refractivity contribution in [2.24, 2.45) is 0 Å². The normalized spacial score (nSPS) is 12.1. The molecule has 0 aromatic carbocycles. The molecule has 1 aromatic rings. The van der Waals surface area contributed by atoms with Gasteiger partial charge < -0.3 is 5.32 Å². The third kappa shape index (κ3) is 3.92. The summed E-state index contributed by atoms with van der Waals surface area (Å²) in [5.41, 5.74) is 1.45. The number of nitrogens with zero attached hydrogens (tertiary/aromatic N) is 1. The molecule has 0 aliphatic carbocycles. The van der Waals surface area contributed by atoms with Crippen LogP contribution in [-0.4, -0.2) is 10.5 Å². The number of hydrogen-bond acceptors (Lipinski definition) is 3. The van der Waals surface area contributed by atoms with Crippen molar-refractivity contribution in [3.63, 3.8) is 0 Å². The molecule has 0 atom stereocenters. The molecule has 3 heteroatoms. The van der Waals surface area contributed by atoms with E-state index >= 15 is 0 Å². The number of aryl methyl sites for hydroxylation is 2. The first-order valence-corrected chi connectivity index (χ1v) is 6.50. The first-order chi connectivity index (χ1) is 6.96. The Bertz CT molecular complexity index is 310. The Balaban J connectivity index is 2.71. The minimum absolute atomic E-state index is 0.182. The fourth-order valence-corrected chi connectivity index (χ4v) is 2.38. The molecule has 86 valence electrons. The second-order valence-electron chi connectivity index (χ2n) is 4.79. The average molecular weight is 226 g/mol. The molecule has 0 saturated heterocycles. The summed E-state index contributed by atoms with van der Waals surface area (Å²) >= 11 is 1.85. The highest BCUT2D eigenvalue weighted by molar-refractivity contribution is 7.11. The van der Waals surface area contributed by atoms with E-state index in [-0.39, 0.29) is 5.54 Å². The van der Waals surface area contributed by atoms with Crippen LogP contribution in [0, 0.1) is 0 Å². The van der Waals surface area contributed by atoms with Gasteiger partial charge in [0, 0.05) is 17.0 Å². The van der Waals surface area contributed by atoms with Crippen LogP contribution >= 0.6 is 11.3 Å². The van der Waals surface area contributed by atoms with Crippen molar-refractivity contribution in [2.75, 3.05) is 0 Å². The molecular weight excluding hydrogens is 204 g/mol. The topological polar surface area (TPSA) is 24.9 Å².